The average Bonchev–Trinajstić information content (AvgIpc) is 3.46. The Labute approximate surface area is 193 Å². The number of thiophene rings is 1. The maximum Gasteiger partial charge on any atom is 0.252 e. The molecular formula is C21H23N3O5S3. The second-order valence-electron chi connectivity index (χ2n) is 7.68. The number of ether oxygens (including phenoxy) is 2. The number of amides is 1. The fraction of sp³-hybridized carbons (Fsp3) is 0.429. The monoisotopic (exact) mass is 493 g/mol. The maximum atomic E-state index is 13.1. The number of carbonyl (C=O) groups is 1. The quantitative estimate of drug-likeness (QED) is 0.557. The molecule has 0 saturated carbocycles. The summed E-state index contributed by atoms with van der Waals surface area (Å²) >= 11 is 2.62. The van der Waals surface area contributed by atoms with Crippen molar-refractivity contribution in [3.8, 4) is 11.5 Å². The van der Waals surface area contributed by atoms with Crippen molar-refractivity contribution >= 4 is 48.8 Å². The smallest absolute Gasteiger partial charge is 0.252 e. The van der Waals surface area contributed by atoms with Crippen molar-refractivity contribution in [1.29, 1.82) is 0 Å². The first-order valence-corrected chi connectivity index (χ1v) is 13.7. The molecule has 0 spiro atoms. The lowest BCUT2D eigenvalue weighted by Crippen LogP contribution is -2.42. The van der Waals surface area contributed by atoms with Gasteiger partial charge in [-0.1, -0.05) is 17.4 Å². The van der Waals surface area contributed by atoms with E-state index in [1.54, 1.807) is 17.5 Å². The zero-order valence-electron chi connectivity index (χ0n) is 17.5. The Morgan fingerprint density at radius 2 is 2.03 bits per heavy atom. The standard InChI is InChI=1S/C21H23N3O5S3/c1-2-24-15-11-16-17(29-9-8-28-16)12-18(15)31-21(24)22-20(25)14-5-3-7-23(13-14)32(26,27)19-6-4-10-30-19/h4,6,10-12,14H,2-3,5,7-9,13H2,1H3. The maximum absolute atomic E-state index is 13.1. The number of nitrogens with zero attached hydrogens (tertiary/aromatic N) is 3. The Bertz CT molecular complexity index is 1320. The molecule has 0 N–H and O–H groups in total. The Morgan fingerprint density at radius 1 is 1.25 bits per heavy atom. The molecule has 2 aliphatic rings. The lowest BCUT2D eigenvalue weighted by molar-refractivity contribution is -0.122. The van der Waals surface area contributed by atoms with Gasteiger partial charge in [0, 0.05) is 31.8 Å². The molecule has 1 amide bonds. The second kappa shape index (κ2) is 8.62. The van der Waals surface area contributed by atoms with E-state index in [9.17, 15) is 13.2 Å². The molecule has 8 nitrogen and oxygen atoms in total. The van der Waals surface area contributed by atoms with Crippen LogP contribution in [-0.4, -0.2) is 49.5 Å². The number of aryl methyl sites for hydroxylation is 1. The molecule has 0 aliphatic carbocycles. The number of hydrogen-bond acceptors (Lipinski definition) is 7. The number of aromatic nitrogens is 1. The predicted molar refractivity (Wildman–Crippen MR) is 123 cm³/mol. The van der Waals surface area contributed by atoms with E-state index in [0.29, 0.717) is 59.7 Å². The minimum Gasteiger partial charge on any atom is -0.486 e. The van der Waals surface area contributed by atoms with Gasteiger partial charge in [-0.05, 0) is 31.2 Å². The summed E-state index contributed by atoms with van der Waals surface area (Å²) in [5, 5.41) is 1.74. The second-order valence-corrected chi connectivity index (χ2v) is 11.8. The van der Waals surface area contributed by atoms with Gasteiger partial charge in [-0.2, -0.15) is 9.30 Å². The van der Waals surface area contributed by atoms with E-state index in [0.717, 1.165) is 10.2 Å². The third kappa shape index (κ3) is 3.87. The van der Waals surface area contributed by atoms with Crippen LogP contribution >= 0.6 is 22.7 Å². The van der Waals surface area contributed by atoms with E-state index in [2.05, 4.69) is 4.99 Å². The Morgan fingerprint density at radius 3 is 2.75 bits per heavy atom. The van der Waals surface area contributed by atoms with E-state index in [1.807, 2.05) is 23.6 Å². The van der Waals surface area contributed by atoms with E-state index >= 15 is 0 Å². The van der Waals surface area contributed by atoms with E-state index in [1.165, 1.54) is 27.0 Å². The van der Waals surface area contributed by atoms with Gasteiger partial charge in [0.1, 0.15) is 17.4 Å². The molecule has 1 atom stereocenters. The van der Waals surface area contributed by atoms with Crippen molar-refractivity contribution in [3.05, 3.63) is 34.4 Å². The van der Waals surface area contributed by atoms with E-state index in [4.69, 9.17) is 9.47 Å². The van der Waals surface area contributed by atoms with Crippen molar-refractivity contribution in [1.82, 2.24) is 8.87 Å². The molecule has 1 fully saturated rings. The molecule has 32 heavy (non-hydrogen) atoms. The summed E-state index contributed by atoms with van der Waals surface area (Å²) in [5.41, 5.74) is 0.943. The summed E-state index contributed by atoms with van der Waals surface area (Å²) in [6, 6.07) is 7.19. The van der Waals surface area contributed by atoms with Gasteiger partial charge in [-0.15, -0.1) is 11.3 Å². The van der Waals surface area contributed by atoms with Gasteiger partial charge < -0.3 is 14.0 Å². The molecule has 1 aromatic carbocycles. The van der Waals surface area contributed by atoms with Crippen LogP contribution in [0.4, 0.5) is 0 Å². The van der Waals surface area contributed by atoms with Crippen molar-refractivity contribution in [2.24, 2.45) is 10.9 Å². The number of fused-ring (bicyclic) bond motifs is 2. The highest BCUT2D eigenvalue weighted by Crippen LogP contribution is 2.35. The molecule has 1 saturated heterocycles. The first-order chi connectivity index (χ1) is 15.5. The SMILES string of the molecule is CCn1c(=NC(=O)C2CCCN(S(=O)(=O)c3cccs3)C2)sc2cc3c(cc21)OCCO3. The number of piperidine rings is 1. The zero-order valence-corrected chi connectivity index (χ0v) is 20.0. The lowest BCUT2D eigenvalue weighted by atomic mass is 9.99. The summed E-state index contributed by atoms with van der Waals surface area (Å²) in [5.74, 6) is 0.673. The Balaban J connectivity index is 1.45. The average molecular weight is 494 g/mol. The molecule has 11 heteroatoms. The van der Waals surface area contributed by atoms with Gasteiger partial charge in [-0.25, -0.2) is 8.42 Å². The fourth-order valence-corrected chi connectivity index (χ4v) is 7.86. The molecule has 2 aromatic heterocycles. The third-order valence-electron chi connectivity index (χ3n) is 5.69. The highest BCUT2D eigenvalue weighted by atomic mass is 32.2. The molecule has 4 heterocycles. The zero-order chi connectivity index (χ0) is 22.3. The topological polar surface area (TPSA) is 90.2 Å². The van der Waals surface area contributed by atoms with Crippen LogP contribution in [0.5, 0.6) is 11.5 Å². The molecule has 2 aliphatic heterocycles. The molecule has 0 bridgehead atoms. The lowest BCUT2D eigenvalue weighted by Gasteiger charge is -2.29. The summed E-state index contributed by atoms with van der Waals surface area (Å²) in [4.78, 5) is 18.1. The van der Waals surface area contributed by atoms with Crippen molar-refractivity contribution < 1.29 is 22.7 Å². The van der Waals surface area contributed by atoms with Gasteiger partial charge in [0.15, 0.2) is 16.3 Å². The van der Waals surface area contributed by atoms with Crippen LogP contribution in [0.1, 0.15) is 19.8 Å². The van der Waals surface area contributed by atoms with Crippen LogP contribution in [-0.2, 0) is 21.4 Å². The molecule has 3 aromatic rings. The summed E-state index contributed by atoms with van der Waals surface area (Å²) in [7, 11) is -3.57. The third-order valence-corrected chi connectivity index (χ3v) is 9.97. The Hall–Kier alpha value is -2.21. The fourth-order valence-electron chi connectivity index (χ4n) is 4.08. The highest BCUT2D eigenvalue weighted by Gasteiger charge is 2.33. The van der Waals surface area contributed by atoms with Gasteiger partial charge in [-0.3, -0.25) is 4.79 Å². The number of carbonyl (C=O) groups excluding carboxylic acids is 1. The van der Waals surface area contributed by atoms with Crippen LogP contribution < -0.4 is 14.3 Å². The van der Waals surface area contributed by atoms with Crippen LogP contribution in [0.25, 0.3) is 10.2 Å². The Kier molecular flexibility index (Phi) is 5.82. The van der Waals surface area contributed by atoms with Gasteiger partial charge in [0.05, 0.1) is 16.1 Å². The van der Waals surface area contributed by atoms with Crippen molar-refractivity contribution in [2.45, 2.75) is 30.5 Å². The van der Waals surface area contributed by atoms with Crippen LogP contribution in [0, 0.1) is 5.92 Å². The number of thiazole rings is 1. The number of hydrogen-bond donors (Lipinski definition) is 0. The minimum absolute atomic E-state index is 0.162. The number of rotatable bonds is 4. The molecule has 0 radical (unpaired) electrons. The summed E-state index contributed by atoms with van der Waals surface area (Å²) in [6.07, 6.45) is 1.27. The number of benzene rings is 1. The van der Waals surface area contributed by atoms with Crippen LogP contribution in [0.15, 0.2) is 38.8 Å². The number of sulfonamides is 1. The van der Waals surface area contributed by atoms with Gasteiger partial charge in [0.25, 0.3) is 15.9 Å². The van der Waals surface area contributed by atoms with Gasteiger partial charge >= 0.3 is 0 Å². The highest BCUT2D eigenvalue weighted by molar-refractivity contribution is 7.91. The molecule has 5 rings (SSSR count). The predicted octanol–water partition coefficient (Wildman–Crippen LogP) is 3.08. The van der Waals surface area contributed by atoms with Crippen molar-refractivity contribution in [3.63, 3.8) is 0 Å². The largest absolute Gasteiger partial charge is 0.486 e. The summed E-state index contributed by atoms with van der Waals surface area (Å²) < 4.78 is 41.8. The van der Waals surface area contributed by atoms with Gasteiger partial charge in [0.2, 0.25) is 0 Å². The summed E-state index contributed by atoms with van der Waals surface area (Å²) in [6.45, 7) is 4.26. The van der Waals surface area contributed by atoms with E-state index in [-0.39, 0.29) is 12.5 Å². The van der Waals surface area contributed by atoms with E-state index < -0.39 is 15.9 Å². The molecule has 1 unspecified atom stereocenters. The first kappa shape index (κ1) is 21.6. The first-order valence-electron chi connectivity index (χ1n) is 10.5. The minimum atomic E-state index is -3.57. The van der Waals surface area contributed by atoms with Crippen LogP contribution in [0.2, 0.25) is 0 Å². The normalized spacial score (nSPS) is 20.0. The molecular weight excluding hydrogens is 470 g/mol. The van der Waals surface area contributed by atoms with Crippen LogP contribution in [0.3, 0.4) is 0 Å². The molecule has 170 valence electrons. The van der Waals surface area contributed by atoms with Crippen molar-refractivity contribution in [2.75, 3.05) is 26.3 Å².